The van der Waals surface area contributed by atoms with E-state index in [9.17, 15) is 15.3 Å². The predicted molar refractivity (Wildman–Crippen MR) is 135 cm³/mol. The molecule has 1 fully saturated rings. The van der Waals surface area contributed by atoms with Crippen LogP contribution < -0.4 is 9.64 Å². The lowest BCUT2D eigenvalue weighted by Crippen LogP contribution is -2.44. The second-order valence-electron chi connectivity index (χ2n) is 9.02. The van der Waals surface area contributed by atoms with Gasteiger partial charge in [0.25, 0.3) is 0 Å². The van der Waals surface area contributed by atoms with Crippen molar-refractivity contribution < 1.29 is 9.53 Å². The number of carbonyl (C=O) groups excluding carboxylic acids is 1. The van der Waals surface area contributed by atoms with E-state index in [-0.39, 0.29) is 5.78 Å². The molecule has 0 amide bonds. The third-order valence-corrected chi connectivity index (χ3v) is 7.07. The molecular formula is C30H25N3O2. The van der Waals surface area contributed by atoms with E-state index in [1.807, 2.05) is 104 Å². The minimum absolute atomic E-state index is 0.105. The number of nitriles is 2. The molecule has 3 unspecified atom stereocenters. The number of carbonyl (C=O) groups is 1. The van der Waals surface area contributed by atoms with Gasteiger partial charge in [-0.05, 0) is 43.2 Å². The summed E-state index contributed by atoms with van der Waals surface area (Å²) in [6, 6.07) is 26.1. The Hall–Kier alpha value is -4.35. The van der Waals surface area contributed by atoms with Gasteiger partial charge in [-0.2, -0.15) is 10.5 Å². The van der Waals surface area contributed by atoms with Crippen LogP contribution in [0, 0.1) is 35.0 Å². The lowest BCUT2D eigenvalue weighted by molar-refractivity contribution is 0.0951. The van der Waals surface area contributed by atoms with Gasteiger partial charge < -0.3 is 9.64 Å². The van der Waals surface area contributed by atoms with E-state index in [0.29, 0.717) is 17.9 Å². The summed E-state index contributed by atoms with van der Waals surface area (Å²) >= 11 is 0. The number of anilines is 1. The van der Waals surface area contributed by atoms with Gasteiger partial charge in [-0.3, -0.25) is 4.79 Å². The van der Waals surface area contributed by atoms with Crippen LogP contribution >= 0.6 is 0 Å². The van der Waals surface area contributed by atoms with Crippen LogP contribution in [-0.4, -0.2) is 24.5 Å². The molecule has 5 nitrogen and oxygen atoms in total. The van der Waals surface area contributed by atoms with E-state index < -0.39 is 23.4 Å². The van der Waals surface area contributed by atoms with Gasteiger partial charge in [-0.15, -0.1) is 0 Å². The first kappa shape index (κ1) is 22.4. The first-order chi connectivity index (χ1) is 17.0. The van der Waals surface area contributed by atoms with Crippen LogP contribution in [0.5, 0.6) is 5.75 Å². The Morgan fingerprint density at radius 3 is 2.34 bits per heavy atom. The lowest BCUT2D eigenvalue weighted by Gasteiger charge is -2.35. The minimum Gasteiger partial charge on any atom is -0.494 e. The van der Waals surface area contributed by atoms with Crippen molar-refractivity contribution in [2.75, 3.05) is 11.5 Å². The molecule has 0 N–H and O–H groups in total. The van der Waals surface area contributed by atoms with Crippen LogP contribution in [0.15, 0.2) is 78.9 Å². The fourth-order valence-corrected chi connectivity index (χ4v) is 5.43. The van der Waals surface area contributed by atoms with E-state index in [2.05, 4.69) is 12.1 Å². The fraction of sp³-hybridized carbons (Fsp3) is 0.233. The number of nitrogens with zero attached hydrogens (tertiary/aromatic N) is 3. The first-order valence-electron chi connectivity index (χ1n) is 11.8. The SMILES string of the molecule is CCOc1ccc(C2C(C(=O)c3ccc(C)cc3)N3c4ccccc4C=CC3C2(C#N)C#N)cc1. The predicted octanol–water partition coefficient (Wildman–Crippen LogP) is 5.68. The standard InChI is InChI=1S/C30H25N3O2/c1-3-35-24-15-12-22(13-16-24)27-28(29(34)23-10-8-20(2)9-11-23)33-25-7-5-4-6-21(25)14-17-26(33)30(27,18-31)19-32/h4-17,26-28H,3H2,1-2H3. The van der Waals surface area contributed by atoms with Crippen LogP contribution in [0.25, 0.3) is 6.08 Å². The zero-order valence-electron chi connectivity index (χ0n) is 19.7. The van der Waals surface area contributed by atoms with Gasteiger partial charge in [0, 0.05) is 17.2 Å². The van der Waals surface area contributed by atoms with Crippen molar-refractivity contribution in [2.24, 2.45) is 5.41 Å². The normalized spacial score (nSPS) is 21.4. The molecule has 1 saturated heterocycles. The average molecular weight is 460 g/mol. The molecule has 0 bridgehead atoms. The summed E-state index contributed by atoms with van der Waals surface area (Å²) in [5.74, 6) is -0.0627. The highest BCUT2D eigenvalue weighted by molar-refractivity contribution is 6.04. The molecule has 172 valence electrons. The number of benzene rings is 3. The Balaban J connectivity index is 1.74. The van der Waals surface area contributed by atoms with Gasteiger partial charge in [0.15, 0.2) is 11.2 Å². The van der Waals surface area contributed by atoms with Crippen molar-refractivity contribution >= 4 is 17.5 Å². The molecule has 0 saturated carbocycles. The zero-order chi connectivity index (χ0) is 24.6. The Bertz CT molecular complexity index is 1360. The second kappa shape index (κ2) is 8.78. The molecule has 3 aromatic rings. The average Bonchev–Trinajstić information content (AvgIpc) is 3.20. The van der Waals surface area contributed by atoms with Gasteiger partial charge in [0.05, 0.1) is 24.8 Å². The third-order valence-electron chi connectivity index (χ3n) is 7.07. The molecule has 3 aromatic carbocycles. The van der Waals surface area contributed by atoms with Crippen molar-refractivity contribution in [3.8, 4) is 17.9 Å². The van der Waals surface area contributed by atoms with E-state index in [4.69, 9.17) is 4.74 Å². The van der Waals surface area contributed by atoms with Gasteiger partial charge in [0.1, 0.15) is 11.8 Å². The van der Waals surface area contributed by atoms with Crippen LogP contribution in [0.2, 0.25) is 0 Å². The number of ketones is 1. The number of para-hydroxylation sites is 1. The molecule has 2 aliphatic rings. The summed E-state index contributed by atoms with van der Waals surface area (Å²) in [7, 11) is 0. The highest BCUT2D eigenvalue weighted by Gasteiger charge is 2.63. The topological polar surface area (TPSA) is 77.1 Å². The number of fused-ring (bicyclic) bond motifs is 3. The van der Waals surface area contributed by atoms with Crippen LogP contribution in [0.1, 0.15) is 39.9 Å². The smallest absolute Gasteiger partial charge is 0.185 e. The molecule has 5 rings (SSSR count). The molecule has 2 heterocycles. The summed E-state index contributed by atoms with van der Waals surface area (Å²) in [5.41, 5.74) is 2.75. The van der Waals surface area contributed by atoms with E-state index in [1.54, 1.807) is 0 Å². The van der Waals surface area contributed by atoms with Crippen molar-refractivity contribution in [1.29, 1.82) is 10.5 Å². The van der Waals surface area contributed by atoms with Crippen molar-refractivity contribution in [3.05, 3.63) is 101 Å². The van der Waals surface area contributed by atoms with Crippen molar-refractivity contribution in [1.82, 2.24) is 0 Å². The monoisotopic (exact) mass is 459 g/mol. The Morgan fingerprint density at radius 1 is 1.00 bits per heavy atom. The second-order valence-corrected chi connectivity index (χ2v) is 9.02. The van der Waals surface area contributed by atoms with Gasteiger partial charge in [-0.25, -0.2) is 0 Å². The molecule has 0 radical (unpaired) electrons. The van der Waals surface area contributed by atoms with Gasteiger partial charge in [0.2, 0.25) is 0 Å². The van der Waals surface area contributed by atoms with Crippen LogP contribution in [-0.2, 0) is 0 Å². The number of ether oxygens (including phenoxy) is 1. The quantitative estimate of drug-likeness (QED) is 0.459. The number of rotatable bonds is 5. The van der Waals surface area contributed by atoms with E-state index in [1.165, 1.54) is 0 Å². The Kier molecular flexibility index (Phi) is 5.63. The maximum absolute atomic E-state index is 14.2. The number of hydrogen-bond acceptors (Lipinski definition) is 5. The first-order valence-corrected chi connectivity index (χ1v) is 11.8. The number of hydrogen-bond donors (Lipinski definition) is 0. The molecular weight excluding hydrogens is 434 g/mol. The zero-order valence-corrected chi connectivity index (χ0v) is 19.7. The molecule has 0 spiro atoms. The Labute approximate surface area is 205 Å². The summed E-state index contributed by atoms with van der Waals surface area (Å²) < 4.78 is 5.61. The molecule has 0 aromatic heterocycles. The maximum Gasteiger partial charge on any atom is 0.185 e. The Morgan fingerprint density at radius 2 is 1.69 bits per heavy atom. The van der Waals surface area contributed by atoms with Gasteiger partial charge in [-0.1, -0.05) is 72.3 Å². The molecule has 35 heavy (non-hydrogen) atoms. The van der Waals surface area contributed by atoms with E-state index >= 15 is 0 Å². The van der Waals surface area contributed by atoms with Gasteiger partial charge >= 0.3 is 0 Å². The number of aryl methyl sites for hydroxylation is 1. The number of Topliss-reactive ketones (excluding diaryl/α,β-unsaturated/α-hetero) is 1. The van der Waals surface area contributed by atoms with Crippen LogP contribution in [0.4, 0.5) is 5.69 Å². The highest BCUT2D eigenvalue weighted by atomic mass is 16.5. The summed E-state index contributed by atoms with van der Waals surface area (Å²) in [4.78, 5) is 16.2. The molecule has 3 atom stereocenters. The van der Waals surface area contributed by atoms with E-state index in [0.717, 1.165) is 22.4 Å². The summed E-state index contributed by atoms with van der Waals surface area (Å²) in [6.45, 7) is 4.43. The molecule has 0 aliphatic carbocycles. The van der Waals surface area contributed by atoms with Crippen LogP contribution in [0.3, 0.4) is 0 Å². The maximum atomic E-state index is 14.2. The lowest BCUT2D eigenvalue weighted by atomic mass is 9.69. The largest absolute Gasteiger partial charge is 0.494 e. The summed E-state index contributed by atoms with van der Waals surface area (Å²) in [6.07, 6.45) is 3.85. The fourth-order valence-electron chi connectivity index (χ4n) is 5.43. The minimum atomic E-state index is -1.46. The highest BCUT2D eigenvalue weighted by Crippen LogP contribution is 2.55. The summed E-state index contributed by atoms with van der Waals surface area (Å²) in [5, 5.41) is 21.0. The molecule has 5 heteroatoms. The third kappa shape index (κ3) is 3.49. The van der Waals surface area contributed by atoms with Crippen molar-refractivity contribution in [2.45, 2.75) is 31.8 Å². The van der Waals surface area contributed by atoms with Crippen molar-refractivity contribution in [3.63, 3.8) is 0 Å². The molecule has 2 aliphatic heterocycles.